The van der Waals surface area contributed by atoms with E-state index in [1.54, 1.807) is 0 Å². The molecule has 4 saturated carbocycles. The number of oxime groups is 1. The summed E-state index contributed by atoms with van der Waals surface area (Å²) in [4.78, 5) is 20.9. The third kappa shape index (κ3) is 7.39. The fraction of sp³-hybridized carbons (Fsp3) is 0.784. The summed E-state index contributed by atoms with van der Waals surface area (Å²) in [5, 5.41) is 4.93. The monoisotopic (exact) mass is 685 g/mol. The van der Waals surface area contributed by atoms with Crippen molar-refractivity contribution < 1.29 is 22.9 Å². The smallest absolute Gasteiger partial charge is 0.185 e. The predicted octanol–water partition coefficient (Wildman–Crippen LogP) is 9.44. The SMILES string of the molecule is C[C@]12CC[C@@H](O[Si](C)(C)C)C[C@H]1CC[C@@H]1[C@@H]2C(=O)C[C@@]2(C)[C@H]1CC[C@]2(O[Si](C)(C)C)/C(CO[Si](C)(C)C)=N/OCc1ccccc1. The third-order valence-electron chi connectivity index (χ3n) is 11.8. The van der Waals surface area contributed by atoms with Gasteiger partial charge in [-0.05, 0) is 133 Å². The number of carbonyl (C=O) groups excluding carboxylic acids is 1. The van der Waals surface area contributed by atoms with Gasteiger partial charge in [-0.3, -0.25) is 4.79 Å². The molecule has 0 aromatic heterocycles. The first kappa shape index (κ1) is 36.2. The Bertz CT molecular complexity index is 1270. The van der Waals surface area contributed by atoms with Crippen LogP contribution in [0.2, 0.25) is 58.9 Å². The van der Waals surface area contributed by atoms with Crippen LogP contribution in [0.5, 0.6) is 0 Å². The number of ketones is 1. The van der Waals surface area contributed by atoms with Crippen LogP contribution in [0, 0.1) is 34.5 Å². The molecule has 0 radical (unpaired) electrons. The summed E-state index contributed by atoms with van der Waals surface area (Å²) in [6.07, 6.45) is 8.46. The summed E-state index contributed by atoms with van der Waals surface area (Å²) in [6, 6.07) is 10.2. The fourth-order valence-electron chi connectivity index (χ4n) is 10.1. The van der Waals surface area contributed by atoms with E-state index in [1.807, 2.05) is 18.2 Å². The predicted molar refractivity (Wildman–Crippen MR) is 195 cm³/mol. The highest BCUT2D eigenvalue weighted by Crippen LogP contribution is 2.68. The van der Waals surface area contributed by atoms with Crippen molar-refractivity contribution >= 4 is 36.4 Å². The number of fused-ring (bicyclic) bond motifs is 5. The normalized spacial score (nSPS) is 37.0. The zero-order chi connectivity index (χ0) is 33.8. The van der Waals surface area contributed by atoms with E-state index < -0.39 is 30.6 Å². The van der Waals surface area contributed by atoms with Crippen LogP contribution in [-0.2, 0) is 29.5 Å². The van der Waals surface area contributed by atoms with Gasteiger partial charge in [-0.25, -0.2) is 0 Å². The molecule has 0 N–H and O–H groups in total. The lowest BCUT2D eigenvalue weighted by Gasteiger charge is -2.61. The molecule has 4 fully saturated rings. The third-order valence-corrected chi connectivity index (χ3v) is 14.8. The molecular weight excluding hydrogens is 623 g/mol. The maximum atomic E-state index is 14.8. The van der Waals surface area contributed by atoms with Gasteiger partial charge in [-0.1, -0.05) is 49.3 Å². The summed E-state index contributed by atoms with van der Waals surface area (Å²) in [5.41, 5.74) is 0.957. The second-order valence-electron chi connectivity index (χ2n) is 18.5. The molecule has 4 aliphatic rings. The van der Waals surface area contributed by atoms with Gasteiger partial charge in [-0.15, -0.1) is 0 Å². The van der Waals surface area contributed by atoms with Gasteiger partial charge in [0.2, 0.25) is 0 Å². The molecule has 0 bridgehead atoms. The topological polar surface area (TPSA) is 66.4 Å². The van der Waals surface area contributed by atoms with Gasteiger partial charge in [-0.2, -0.15) is 0 Å². The molecule has 46 heavy (non-hydrogen) atoms. The average molecular weight is 686 g/mol. The van der Waals surface area contributed by atoms with Gasteiger partial charge >= 0.3 is 0 Å². The van der Waals surface area contributed by atoms with E-state index in [2.05, 4.69) is 84.9 Å². The number of carbonyl (C=O) groups is 1. The van der Waals surface area contributed by atoms with Crippen LogP contribution in [0.25, 0.3) is 0 Å². The number of hydrogen-bond acceptors (Lipinski definition) is 6. The molecule has 1 aromatic carbocycles. The van der Waals surface area contributed by atoms with Crippen LogP contribution in [0.3, 0.4) is 0 Å². The highest BCUT2D eigenvalue weighted by molar-refractivity contribution is 6.70. The lowest BCUT2D eigenvalue weighted by atomic mass is 9.44. The lowest BCUT2D eigenvalue weighted by molar-refractivity contribution is -0.166. The molecule has 5 rings (SSSR count). The van der Waals surface area contributed by atoms with Crippen molar-refractivity contribution in [3.63, 3.8) is 0 Å². The molecule has 1 aromatic rings. The Morgan fingerprint density at radius 2 is 1.57 bits per heavy atom. The number of nitrogens with zero attached hydrogens (tertiary/aromatic N) is 1. The Morgan fingerprint density at radius 1 is 0.870 bits per heavy atom. The van der Waals surface area contributed by atoms with Crippen molar-refractivity contribution in [3.05, 3.63) is 35.9 Å². The minimum Gasteiger partial charge on any atom is -0.415 e. The van der Waals surface area contributed by atoms with Crippen LogP contribution >= 0.6 is 0 Å². The second-order valence-corrected chi connectivity index (χ2v) is 31.9. The van der Waals surface area contributed by atoms with Crippen molar-refractivity contribution in [3.8, 4) is 0 Å². The Kier molecular flexibility index (Phi) is 10.2. The van der Waals surface area contributed by atoms with Gasteiger partial charge in [0.05, 0.1) is 6.61 Å². The summed E-state index contributed by atoms with van der Waals surface area (Å²) >= 11 is 0. The van der Waals surface area contributed by atoms with Gasteiger partial charge in [0, 0.05) is 23.9 Å². The maximum Gasteiger partial charge on any atom is 0.185 e. The van der Waals surface area contributed by atoms with Crippen LogP contribution in [0.4, 0.5) is 0 Å². The van der Waals surface area contributed by atoms with Gasteiger partial charge in [0.1, 0.15) is 23.7 Å². The minimum absolute atomic E-state index is 0.0577. The van der Waals surface area contributed by atoms with E-state index in [4.69, 9.17) is 23.3 Å². The van der Waals surface area contributed by atoms with E-state index in [0.29, 0.717) is 49.3 Å². The standard InChI is InChI=1S/C37H63NO5Si3/c1-35-21-19-29(42-45(6,7)8)23-28(35)17-18-30-31-20-22-37(43-46(9,10)11,36(31,2)24-32(39)34(30)35)33(26-41-44(3,4)5)38-40-25-27-15-13-12-14-16-27/h12-16,28-31,34H,17-26H2,1-11H3/b38-33+/t28-,29-,30+,31+,34-,35+,36+,37+/m1/s1. The molecule has 0 saturated heterocycles. The van der Waals surface area contributed by atoms with Gasteiger partial charge < -0.3 is 18.1 Å². The summed E-state index contributed by atoms with van der Waals surface area (Å²) in [7, 11) is -5.58. The quantitative estimate of drug-likeness (QED) is 0.132. The Labute approximate surface area is 283 Å². The zero-order valence-electron chi connectivity index (χ0n) is 30.8. The molecule has 9 heteroatoms. The summed E-state index contributed by atoms with van der Waals surface area (Å²) in [5.74, 6) is 1.95. The van der Waals surface area contributed by atoms with E-state index in [0.717, 1.165) is 49.8 Å². The van der Waals surface area contributed by atoms with Crippen molar-refractivity contribution in [2.75, 3.05) is 6.61 Å². The molecule has 0 unspecified atom stereocenters. The second kappa shape index (κ2) is 13.0. The van der Waals surface area contributed by atoms with E-state index in [-0.39, 0.29) is 16.7 Å². The van der Waals surface area contributed by atoms with Crippen molar-refractivity contribution in [2.45, 2.75) is 142 Å². The highest BCUT2D eigenvalue weighted by atomic mass is 28.4. The van der Waals surface area contributed by atoms with E-state index >= 15 is 0 Å². The minimum atomic E-state index is -2.10. The molecule has 258 valence electrons. The average Bonchev–Trinajstić information content (AvgIpc) is 3.20. The number of rotatable bonds is 11. The van der Waals surface area contributed by atoms with Crippen molar-refractivity contribution in [1.82, 2.24) is 0 Å². The molecule has 0 amide bonds. The number of Topliss-reactive ketones (excluding diaryl/α,β-unsaturated/α-hetero) is 1. The number of benzene rings is 1. The Hall–Kier alpha value is -1.11. The zero-order valence-corrected chi connectivity index (χ0v) is 33.8. The number of hydrogen-bond donors (Lipinski definition) is 0. The molecule has 0 heterocycles. The van der Waals surface area contributed by atoms with Gasteiger partial charge in [0.15, 0.2) is 25.0 Å². The maximum absolute atomic E-state index is 14.8. The van der Waals surface area contributed by atoms with Crippen LogP contribution in [0.15, 0.2) is 35.5 Å². The summed E-state index contributed by atoms with van der Waals surface area (Å²) < 4.78 is 20.6. The van der Waals surface area contributed by atoms with Gasteiger partial charge in [0.25, 0.3) is 0 Å². The lowest BCUT2D eigenvalue weighted by Crippen LogP contribution is -2.64. The highest BCUT2D eigenvalue weighted by Gasteiger charge is 2.70. The van der Waals surface area contributed by atoms with Crippen LogP contribution in [-0.4, -0.2) is 54.8 Å². The van der Waals surface area contributed by atoms with E-state index in [9.17, 15) is 4.79 Å². The first-order valence-electron chi connectivity index (χ1n) is 18.0. The molecule has 4 aliphatic carbocycles. The molecular formula is C37H63NO5Si3. The first-order valence-corrected chi connectivity index (χ1v) is 28.3. The summed E-state index contributed by atoms with van der Waals surface area (Å²) in [6.45, 7) is 26.0. The Morgan fingerprint density at radius 3 is 2.20 bits per heavy atom. The Balaban J connectivity index is 1.49. The molecule has 0 aliphatic heterocycles. The molecule has 0 spiro atoms. The first-order chi connectivity index (χ1) is 21.3. The fourth-order valence-corrected chi connectivity index (χ4v) is 13.4. The largest absolute Gasteiger partial charge is 0.415 e. The van der Waals surface area contributed by atoms with Crippen molar-refractivity contribution in [1.29, 1.82) is 0 Å². The van der Waals surface area contributed by atoms with Crippen molar-refractivity contribution in [2.24, 2.45) is 39.7 Å². The van der Waals surface area contributed by atoms with E-state index in [1.165, 1.54) is 6.42 Å². The van der Waals surface area contributed by atoms with Crippen LogP contribution in [0.1, 0.15) is 70.8 Å². The van der Waals surface area contributed by atoms with Crippen LogP contribution < -0.4 is 0 Å². The molecule has 8 atom stereocenters. The molecule has 6 nitrogen and oxygen atoms in total.